The molecule has 1 aliphatic rings. The maximum atomic E-state index is 12.6. The van der Waals surface area contributed by atoms with Gasteiger partial charge in [-0.3, -0.25) is 4.79 Å². The van der Waals surface area contributed by atoms with Gasteiger partial charge in [-0.2, -0.15) is 0 Å². The van der Waals surface area contributed by atoms with E-state index in [0.29, 0.717) is 12.5 Å². The van der Waals surface area contributed by atoms with Gasteiger partial charge in [0.1, 0.15) is 6.04 Å². The number of benzene rings is 1. The average Bonchev–Trinajstić information content (AvgIpc) is 3.14. The SMILES string of the molecule is COC(=O)[C@H](Cc1ccccc1)NC(=O)[C@H](C)[C@@H](C)[C@@H]1CCCN1. The van der Waals surface area contributed by atoms with Crippen molar-refractivity contribution in [2.45, 2.75) is 45.2 Å². The van der Waals surface area contributed by atoms with Crippen molar-refractivity contribution in [3.05, 3.63) is 35.9 Å². The van der Waals surface area contributed by atoms with Gasteiger partial charge in [0.25, 0.3) is 0 Å². The molecule has 0 spiro atoms. The molecule has 0 aliphatic carbocycles. The predicted molar refractivity (Wildman–Crippen MR) is 93.4 cm³/mol. The Labute approximate surface area is 144 Å². The van der Waals surface area contributed by atoms with Gasteiger partial charge in [0.05, 0.1) is 7.11 Å². The Hall–Kier alpha value is -1.88. The van der Waals surface area contributed by atoms with E-state index in [1.807, 2.05) is 37.3 Å². The number of ether oxygens (including phenoxy) is 1. The molecule has 0 saturated carbocycles. The summed E-state index contributed by atoms with van der Waals surface area (Å²) in [4.78, 5) is 24.7. The van der Waals surface area contributed by atoms with Crippen molar-refractivity contribution in [2.75, 3.05) is 13.7 Å². The molecule has 0 bridgehead atoms. The van der Waals surface area contributed by atoms with Crippen LogP contribution in [0, 0.1) is 11.8 Å². The van der Waals surface area contributed by atoms with Crippen LogP contribution >= 0.6 is 0 Å². The third kappa shape index (κ3) is 4.81. The number of methoxy groups -OCH3 is 1. The summed E-state index contributed by atoms with van der Waals surface area (Å²) in [7, 11) is 1.35. The number of esters is 1. The van der Waals surface area contributed by atoms with Gasteiger partial charge in [-0.15, -0.1) is 0 Å². The number of amides is 1. The van der Waals surface area contributed by atoms with E-state index < -0.39 is 12.0 Å². The minimum Gasteiger partial charge on any atom is -0.467 e. The standard InChI is InChI=1S/C19H28N2O3/c1-13(16-10-7-11-20-16)14(2)18(22)21-17(19(23)24-3)12-15-8-5-4-6-9-15/h4-6,8-9,13-14,16-17,20H,7,10-12H2,1-3H3,(H,21,22)/t13-,14-,16+,17+/m1/s1. The minimum absolute atomic E-state index is 0.0949. The predicted octanol–water partition coefficient (Wildman–Crippen LogP) is 1.91. The van der Waals surface area contributed by atoms with E-state index in [0.717, 1.165) is 24.9 Å². The lowest BCUT2D eigenvalue weighted by Crippen LogP contribution is -2.47. The zero-order valence-electron chi connectivity index (χ0n) is 14.7. The summed E-state index contributed by atoms with van der Waals surface area (Å²) in [5.41, 5.74) is 0.992. The van der Waals surface area contributed by atoms with Crippen LogP contribution in [-0.2, 0) is 20.7 Å². The van der Waals surface area contributed by atoms with Gasteiger partial charge in [-0.1, -0.05) is 44.2 Å². The van der Waals surface area contributed by atoms with E-state index in [9.17, 15) is 9.59 Å². The molecular formula is C19H28N2O3. The summed E-state index contributed by atoms with van der Waals surface area (Å²) >= 11 is 0. The second kappa shape index (κ2) is 8.83. The Balaban J connectivity index is 1.99. The molecule has 0 unspecified atom stereocenters. The fourth-order valence-electron chi connectivity index (χ4n) is 3.24. The van der Waals surface area contributed by atoms with Gasteiger partial charge in [-0.25, -0.2) is 4.79 Å². The molecule has 1 aromatic rings. The lowest BCUT2D eigenvalue weighted by Gasteiger charge is -2.27. The largest absolute Gasteiger partial charge is 0.467 e. The Morgan fingerprint density at radius 1 is 1.29 bits per heavy atom. The first-order valence-corrected chi connectivity index (χ1v) is 8.68. The lowest BCUT2D eigenvalue weighted by atomic mass is 9.87. The van der Waals surface area contributed by atoms with Crippen LogP contribution in [0.4, 0.5) is 0 Å². The van der Waals surface area contributed by atoms with Gasteiger partial charge < -0.3 is 15.4 Å². The van der Waals surface area contributed by atoms with Gasteiger partial charge in [0.15, 0.2) is 0 Å². The number of hydrogen-bond donors (Lipinski definition) is 2. The van der Waals surface area contributed by atoms with Crippen LogP contribution in [0.15, 0.2) is 30.3 Å². The zero-order valence-corrected chi connectivity index (χ0v) is 14.7. The van der Waals surface area contributed by atoms with E-state index in [1.54, 1.807) is 0 Å². The number of carbonyl (C=O) groups is 2. The molecule has 1 heterocycles. The molecule has 1 amide bonds. The fourth-order valence-corrected chi connectivity index (χ4v) is 3.24. The summed E-state index contributed by atoms with van der Waals surface area (Å²) in [5, 5.41) is 6.33. The van der Waals surface area contributed by atoms with Crippen molar-refractivity contribution in [3.63, 3.8) is 0 Å². The third-order valence-electron chi connectivity index (χ3n) is 5.02. The molecule has 1 saturated heterocycles. The van der Waals surface area contributed by atoms with E-state index in [1.165, 1.54) is 7.11 Å². The lowest BCUT2D eigenvalue weighted by molar-refractivity contribution is -0.145. The maximum Gasteiger partial charge on any atom is 0.328 e. The van der Waals surface area contributed by atoms with Crippen molar-refractivity contribution in [3.8, 4) is 0 Å². The zero-order chi connectivity index (χ0) is 17.5. The summed E-state index contributed by atoms with van der Waals surface area (Å²) in [6.07, 6.45) is 2.69. The smallest absolute Gasteiger partial charge is 0.328 e. The van der Waals surface area contributed by atoms with Crippen LogP contribution < -0.4 is 10.6 Å². The summed E-state index contributed by atoms with van der Waals surface area (Å²) < 4.78 is 4.86. The molecule has 132 valence electrons. The van der Waals surface area contributed by atoms with Crippen LogP contribution in [0.1, 0.15) is 32.3 Å². The van der Waals surface area contributed by atoms with Crippen molar-refractivity contribution in [1.82, 2.24) is 10.6 Å². The van der Waals surface area contributed by atoms with Gasteiger partial charge in [-0.05, 0) is 30.9 Å². The Bertz CT molecular complexity index is 541. The van der Waals surface area contributed by atoms with Crippen LogP contribution in [0.2, 0.25) is 0 Å². The van der Waals surface area contributed by atoms with Crippen molar-refractivity contribution in [2.24, 2.45) is 11.8 Å². The number of rotatable bonds is 7. The second-order valence-electron chi connectivity index (χ2n) is 6.62. The summed E-state index contributed by atoms with van der Waals surface area (Å²) in [6, 6.07) is 9.36. The van der Waals surface area contributed by atoms with Crippen molar-refractivity contribution < 1.29 is 14.3 Å². The van der Waals surface area contributed by atoms with Crippen LogP contribution in [0.3, 0.4) is 0 Å². The van der Waals surface area contributed by atoms with Crippen molar-refractivity contribution in [1.29, 1.82) is 0 Å². The van der Waals surface area contributed by atoms with Gasteiger partial charge in [0.2, 0.25) is 5.91 Å². The fraction of sp³-hybridized carbons (Fsp3) is 0.579. The molecule has 5 heteroatoms. The molecule has 1 aromatic carbocycles. The first-order chi connectivity index (χ1) is 11.5. The Morgan fingerprint density at radius 3 is 2.58 bits per heavy atom. The number of nitrogens with one attached hydrogen (secondary N) is 2. The maximum absolute atomic E-state index is 12.6. The van der Waals surface area contributed by atoms with Crippen LogP contribution in [0.5, 0.6) is 0 Å². The molecule has 2 N–H and O–H groups in total. The first kappa shape index (κ1) is 18.5. The Morgan fingerprint density at radius 2 is 2.00 bits per heavy atom. The topological polar surface area (TPSA) is 67.4 Å². The molecular weight excluding hydrogens is 304 g/mol. The number of carbonyl (C=O) groups excluding carboxylic acids is 2. The van der Waals surface area contributed by atoms with E-state index >= 15 is 0 Å². The number of hydrogen-bond acceptors (Lipinski definition) is 4. The van der Waals surface area contributed by atoms with Gasteiger partial charge >= 0.3 is 5.97 Å². The molecule has 5 nitrogen and oxygen atoms in total. The highest BCUT2D eigenvalue weighted by atomic mass is 16.5. The molecule has 2 rings (SSSR count). The molecule has 0 aromatic heterocycles. The highest BCUT2D eigenvalue weighted by Crippen LogP contribution is 2.22. The summed E-state index contributed by atoms with van der Waals surface area (Å²) in [5.74, 6) is -0.445. The van der Waals surface area contributed by atoms with E-state index in [-0.39, 0.29) is 17.7 Å². The molecule has 1 fully saturated rings. The van der Waals surface area contributed by atoms with Gasteiger partial charge in [0, 0.05) is 18.4 Å². The van der Waals surface area contributed by atoms with E-state index in [4.69, 9.17) is 4.74 Å². The monoisotopic (exact) mass is 332 g/mol. The van der Waals surface area contributed by atoms with Crippen molar-refractivity contribution >= 4 is 11.9 Å². The molecule has 0 radical (unpaired) electrons. The quantitative estimate of drug-likeness (QED) is 0.749. The normalized spacial score (nSPS) is 20.9. The second-order valence-corrected chi connectivity index (χ2v) is 6.62. The van der Waals surface area contributed by atoms with Crippen LogP contribution in [-0.4, -0.2) is 37.6 Å². The Kier molecular flexibility index (Phi) is 6.79. The summed E-state index contributed by atoms with van der Waals surface area (Å²) in [6.45, 7) is 5.04. The highest BCUT2D eigenvalue weighted by Gasteiger charge is 2.31. The molecule has 24 heavy (non-hydrogen) atoms. The highest BCUT2D eigenvalue weighted by molar-refractivity contribution is 5.86. The van der Waals surface area contributed by atoms with Crippen LogP contribution in [0.25, 0.3) is 0 Å². The average molecular weight is 332 g/mol. The first-order valence-electron chi connectivity index (χ1n) is 8.68. The minimum atomic E-state index is -0.656. The molecule has 1 aliphatic heterocycles. The third-order valence-corrected chi connectivity index (χ3v) is 5.02. The molecule has 4 atom stereocenters. The van der Waals surface area contributed by atoms with E-state index in [2.05, 4.69) is 17.6 Å².